The Bertz CT molecular complexity index is 801. The van der Waals surface area contributed by atoms with Gasteiger partial charge in [-0.05, 0) is 35.7 Å². The fourth-order valence-electron chi connectivity index (χ4n) is 2.78. The lowest BCUT2D eigenvalue weighted by Crippen LogP contribution is -2.42. The van der Waals surface area contributed by atoms with Crippen LogP contribution in [-0.4, -0.2) is 44.2 Å². The molecule has 1 aliphatic heterocycles. The lowest BCUT2D eigenvalue weighted by Gasteiger charge is -2.26. The third-order valence-electron chi connectivity index (χ3n) is 4.36. The van der Waals surface area contributed by atoms with Gasteiger partial charge in [0.25, 0.3) is 0 Å². The lowest BCUT2D eigenvalue weighted by atomic mass is 10.1. The van der Waals surface area contributed by atoms with Crippen LogP contribution in [0, 0.1) is 0 Å². The molecule has 7 heteroatoms. The van der Waals surface area contributed by atoms with E-state index in [1.54, 1.807) is 26.0 Å². The van der Waals surface area contributed by atoms with E-state index < -0.39 is 0 Å². The maximum absolute atomic E-state index is 6.21. The summed E-state index contributed by atoms with van der Waals surface area (Å²) in [5.74, 6) is 2.34. The van der Waals surface area contributed by atoms with E-state index in [1.165, 1.54) is 5.56 Å². The summed E-state index contributed by atoms with van der Waals surface area (Å²) in [5.41, 5.74) is 2.35. The van der Waals surface area contributed by atoms with Gasteiger partial charge in [0.1, 0.15) is 0 Å². The minimum absolute atomic E-state index is 0.700. The van der Waals surface area contributed by atoms with Crippen LogP contribution >= 0.6 is 23.4 Å². The summed E-state index contributed by atoms with van der Waals surface area (Å²) in [5, 5.41) is 5.16. The highest BCUT2D eigenvalue weighted by atomic mass is 35.5. The molecule has 0 amide bonds. The van der Waals surface area contributed by atoms with Crippen LogP contribution in [0.3, 0.4) is 0 Å². The van der Waals surface area contributed by atoms with Crippen molar-refractivity contribution in [2.45, 2.75) is 12.2 Å². The minimum Gasteiger partial charge on any atom is -0.493 e. The Morgan fingerprint density at radius 3 is 2.67 bits per heavy atom. The number of hydrogen-bond acceptors (Lipinski definition) is 6. The van der Waals surface area contributed by atoms with Gasteiger partial charge in [0.15, 0.2) is 16.7 Å². The zero-order valence-corrected chi connectivity index (χ0v) is 17.1. The van der Waals surface area contributed by atoms with Crippen molar-refractivity contribution in [3.8, 4) is 11.5 Å². The van der Waals surface area contributed by atoms with Crippen molar-refractivity contribution in [3.63, 3.8) is 0 Å². The fraction of sp³-hybridized carbons (Fsp3) is 0.350. The van der Waals surface area contributed by atoms with E-state index in [0.29, 0.717) is 6.67 Å². The molecule has 0 unspecified atom stereocenters. The highest BCUT2D eigenvalue weighted by molar-refractivity contribution is 8.13. The van der Waals surface area contributed by atoms with Crippen LogP contribution in [0.4, 0.5) is 0 Å². The summed E-state index contributed by atoms with van der Waals surface area (Å²) in [6.45, 7) is 2.42. The first-order valence-electron chi connectivity index (χ1n) is 8.77. The van der Waals surface area contributed by atoms with Crippen LogP contribution < -0.4 is 14.8 Å². The molecule has 0 saturated carbocycles. The van der Waals surface area contributed by atoms with E-state index in [4.69, 9.17) is 21.1 Å². The first-order chi connectivity index (χ1) is 13.2. The van der Waals surface area contributed by atoms with Crippen molar-refractivity contribution in [3.05, 3.63) is 58.6 Å². The first-order valence-corrected chi connectivity index (χ1v) is 10.1. The normalized spacial score (nSPS) is 14.4. The van der Waals surface area contributed by atoms with Gasteiger partial charge in [0.05, 0.1) is 27.6 Å². The van der Waals surface area contributed by atoms with E-state index in [9.17, 15) is 0 Å². The Hall–Kier alpha value is -1.89. The summed E-state index contributed by atoms with van der Waals surface area (Å²) < 4.78 is 10.7. The summed E-state index contributed by atoms with van der Waals surface area (Å²) in [7, 11) is 3.31. The van der Waals surface area contributed by atoms with Gasteiger partial charge in [0.2, 0.25) is 0 Å². The Morgan fingerprint density at radius 1 is 1.15 bits per heavy atom. The molecule has 0 bridgehead atoms. The largest absolute Gasteiger partial charge is 0.493 e. The van der Waals surface area contributed by atoms with Gasteiger partial charge in [-0.1, -0.05) is 47.6 Å². The molecule has 0 atom stereocenters. The lowest BCUT2D eigenvalue weighted by molar-refractivity contribution is 0.270. The molecule has 0 aromatic heterocycles. The molecule has 0 spiro atoms. The average molecular weight is 406 g/mol. The fourth-order valence-corrected chi connectivity index (χ4v) is 3.92. The Labute approximate surface area is 169 Å². The number of hydrogen-bond donors (Lipinski definition) is 1. The highest BCUT2D eigenvalue weighted by Gasteiger charge is 2.13. The summed E-state index contributed by atoms with van der Waals surface area (Å²) >= 11 is 7.89. The van der Waals surface area contributed by atoms with E-state index in [-0.39, 0.29) is 0 Å². The van der Waals surface area contributed by atoms with Crippen molar-refractivity contribution in [2.75, 3.05) is 34.1 Å². The second kappa shape index (κ2) is 9.88. The molecule has 0 fully saturated rings. The number of benzene rings is 2. The van der Waals surface area contributed by atoms with Crippen molar-refractivity contribution < 1.29 is 9.47 Å². The standard InChI is InChI=1S/C20H24ClN3O2S/c1-25-18-8-7-15(11-19(18)26-2)9-10-24-13-22-20(23-14-24)27-12-16-5-3-4-6-17(16)21/h3-8,11H,9-10,12-14H2,1-2H3,(H,22,23). The van der Waals surface area contributed by atoms with Crippen molar-refractivity contribution in [1.82, 2.24) is 10.2 Å². The molecule has 0 saturated heterocycles. The zero-order chi connectivity index (χ0) is 19.1. The van der Waals surface area contributed by atoms with Gasteiger partial charge < -0.3 is 14.8 Å². The second-order valence-electron chi connectivity index (χ2n) is 6.15. The van der Waals surface area contributed by atoms with Crippen molar-refractivity contribution in [1.29, 1.82) is 0 Å². The number of aliphatic imine (C=N–C) groups is 1. The molecule has 5 nitrogen and oxygen atoms in total. The van der Waals surface area contributed by atoms with Crippen molar-refractivity contribution in [2.24, 2.45) is 4.99 Å². The number of rotatable bonds is 7. The number of nitrogens with one attached hydrogen (secondary N) is 1. The van der Waals surface area contributed by atoms with Crippen LogP contribution in [-0.2, 0) is 12.2 Å². The number of methoxy groups -OCH3 is 2. The molecule has 27 heavy (non-hydrogen) atoms. The first kappa shape index (κ1) is 19.9. The summed E-state index contributed by atoms with van der Waals surface area (Å²) in [4.78, 5) is 6.91. The van der Waals surface area contributed by atoms with Gasteiger partial charge in [-0.3, -0.25) is 4.90 Å². The third-order valence-corrected chi connectivity index (χ3v) is 5.73. The van der Waals surface area contributed by atoms with Crippen molar-refractivity contribution >= 4 is 28.5 Å². The average Bonchev–Trinajstić information content (AvgIpc) is 2.72. The summed E-state index contributed by atoms with van der Waals surface area (Å²) in [6, 6.07) is 14.0. The molecule has 3 rings (SSSR count). The number of ether oxygens (including phenoxy) is 2. The molecule has 2 aromatic rings. The van der Waals surface area contributed by atoms with E-state index in [0.717, 1.165) is 52.6 Å². The van der Waals surface area contributed by atoms with Gasteiger partial charge in [-0.15, -0.1) is 0 Å². The third kappa shape index (κ3) is 5.54. The molecule has 1 heterocycles. The number of halogens is 1. The van der Waals surface area contributed by atoms with Crippen LogP contribution in [0.15, 0.2) is 47.5 Å². The topological polar surface area (TPSA) is 46.1 Å². The monoisotopic (exact) mass is 405 g/mol. The van der Waals surface area contributed by atoms with E-state index in [2.05, 4.69) is 21.3 Å². The van der Waals surface area contributed by atoms with Crippen LogP contribution in [0.2, 0.25) is 5.02 Å². The second-order valence-corrected chi connectivity index (χ2v) is 7.52. The van der Waals surface area contributed by atoms with Crippen LogP contribution in [0.25, 0.3) is 0 Å². The van der Waals surface area contributed by atoms with Gasteiger partial charge in [0, 0.05) is 17.3 Å². The molecular formula is C20H24ClN3O2S. The number of nitrogens with zero attached hydrogens (tertiary/aromatic N) is 2. The molecule has 1 aliphatic rings. The maximum Gasteiger partial charge on any atom is 0.160 e. The quantitative estimate of drug-likeness (QED) is 0.754. The smallest absolute Gasteiger partial charge is 0.160 e. The predicted octanol–water partition coefficient (Wildman–Crippen LogP) is 4.01. The van der Waals surface area contributed by atoms with E-state index in [1.807, 2.05) is 36.4 Å². The molecule has 0 aliphatic carbocycles. The zero-order valence-electron chi connectivity index (χ0n) is 15.6. The Morgan fingerprint density at radius 2 is 1.96 bits per heavy atom. The highest BCUT2D eigenvalue weighted by Crippen LogP contribution is 2.28. The summed E-state index contributed by atoms with van der Waals surface area (Å²) in [6.07, 6.45) is 0.930. The maximum atomic E-state index is 6.21. The minimum atomic E-state index is 0.700. The molecule has 1 N–H and O–H groups in total. The number of amidine groups is 1. The van der Waals surface area contributed by atoms with Gasteiger partial charge in [-0.2, -0.15) is 0 Å². The SMILES string of the molecule is COc1ccc(CCN2CN=C(SCc3ccccc3Cl)NC2)cc1OC. The van der Waals surface area contributed by atoms with Crippen LogP contribution in [0.5, 0.6) is 11.5 Å². The molecular weight excluding hydrogens is 382 g/mol. The van der Waals surface area contributed by atoms with Gasteiger partial charge >= 0.3 is 0 Å². The predicted molar refractivity (Wildman–Crippen MR) is 113 cm³/mol. The Kier molecular flexibility index (Phi) is 7.26. The van der Waals surface area contributed by atoms with Crippen LogP contribution in [0.1, 0.15) is 11.1 Å². The number of thioether (sulfide) groups is 1. The van der Waals surface area contributed by atoms with Gasteiger partial charge in [-0.25, -0.2) is 4.99 Å². The Balaban J connectivity index is 1.47. The molecule has 144 valence electrons. The van der Waals surface area contributed by atoms with E-state index >= 15 is 0 Å². The molecule has 0 radical (unpaired) electrons. The molecule has 2 aromatic carbocycles.